The molecule has 116 valence electrons. The number of ether oxygens (including phenoxy) is 3. The number of hydrogen-bond donors (Lipinski definition) is 2. The second-order valence-corrected chi connectivity index (χ2v) is 4.29. The maximum absolute atomic E-state index is 12.0. The van der Waals surface area contributed by atoms with E-state index in [1.165, 1.54) is 33.3 Å². The minimum Gasteiger partial charge on any atom is -0.496 e. The summed E-state index contributed by atoms with van der Waals surface area (Å²) in [5, 5.41) is 2.59. The Morgan fingerprint density at radius 3 is 2.67 bits per heavy atom. The number of esters is 1. The Balaban J connectivity index is 2.66. The summed E-state index contributed by atoms with van der Waals surface area (Å²) in [6, 6.07) is 4.56. The highest BCUT2D eigenvalue weighted by Crippen LogP contribution is 2.22. The molecule has 0 aromatic heterocycles. The van der Waals surface area contributed by atoms with Crippen LogP contribution in [0, 0.1) is 0 Å². The van der Waals surface area contributed by atoms with E-state index in [1.54, 1.807) is 6.07 Å². The Morgan fingerprint density at radius 1 is 1.33 bits per heavy atom. The summed E-state index contributed by atoms with van der Waals surface area (Å²) >= 11 is 0. The Bertz CT molecular complexity index is 504. The number of nitrogens with two attached hydrogens (primary N) is 1. The van der Waals surface area contributed by atoms with Crippen molar-refractivity contribution in [2.45, 2.75) is 13.0 Å². The van der Waals surface area contributed by atoms with Crippen LogP contribution in [0.2, 0.25) is 0 Å². The summed E-state index contributed by atoms with van der Waals surface area (Å²) < 4.78 is 15.0. The lowest BCUT2D eigenvalue weighted by Crippen LogP contribution is -2.37. The molecule has 0 aliphatic heterocycles. The predicted molar refractivity (Wildman–Crippen MR) is 77.2 cm³/mol. The number of nitrogens with one attached hydrogen (secondary N) is 1. The maximum Gasteiger partial charge on any atom is 0.342 e. The molecule has 3 N–H and O–H groups in total. The second-order valence-electron chi connectivity index (χ2n) is 4.29. The van der Waals surface area contributed by atoms with Crippen LogP contribution in [0.25, 0.3) is 0 Å². The van der Waals surface area contributed by atoms with Gasteiger partial charge in [0, 0.05) is 25.4 Å². The standard InChI is InChI=1S/C14H20N2O5/c1-9(13(17)16-6-7-19-2)21-14(18)11-5-4-10(15)8-12(11)20-3/h4-5,8-9H,6-7,15H2,1-3H3,(H,16,17). The van der Waals surface area contributed by atoms with Crippen LogP contribution in [-0.4, -0.2) is 45.4 Å². The first kappa shape index (κ1) is 16.8. The molecule has 0 radical (unpaired) electrons. The number of hydrogen-bond acceptors (Lipinski definition) is 6. The van der Waals surface area contributed by atoms with Crippen molar-refractivity contribution in [3.8, 4) is 5.75 Å². The molecular weight excluding hydrogens is 276 g/mol. The van der Waals surface area contributed by atoms with Gasteiger partial charge in [-0.2, -0.15) is 0 Å². The fraction of sp³-hybridized carbons (Fsp3) is 0.429. The molecule has 7 heteroatoms. The van der Waals surface area contributed by atoms with Gasteiger partial charge in [0.15, 0.2) is 6.10 Å². The second kappa shape index (κ2) is 8.11. The van der Waals surface area contributed by atoms with Gasteiger partial charge in [-0.3, -0.25) is 4.79 Å². The van der Waals surface area contributed by atoms with Crippen molar-refractivity contribution < 1.29 is 23.8 Å². The first-order chi connectivity index (χ1) is 9.99. The molecule has 1 atom stereocenters. The van der Waals surface area contributed by atoms with Crippen LogP contribution in [0.3, 0.4) is 0 Å². The molecule has 21 heavy (non-hydrogen) atoms. The molecule has 1 rings (SSSR count). The van der Waals surface area contributed by atoms with E-state index in [2.05, 4.69) is 5.32 Å². The van der Waals surface area contributed by atoms with E-state index < -0.39 is 18.0 Å². The quantitative estimate of drug-likeness (QED) is 0.434. The average molecular weight is 296 g/mol. The molecule has 1 amide bonds. The maximum atomic E-state index is 12.0. The van der Waals surface area contributed by atoms with Crippen LogP contribution in [0.15, 0.2) is 18.2 Å². The Morgan fingerprint density at radius 2 is 2.05 bits per heavy atom. The topological polar surface area (TPSA) is 99.9 Å². The lowest BCUT2D eigenvalue weighted by Gasteiger charge is -2.14. The number of nitrogen functional groups attached to an aromatic ring is 1. The van der Waals surface area contributed by atoms with E-state index in [9.17, 15) is 9.59 Å². The number of amides is 1. The normalized spacial score (nSPS) is 11.6. The van der Waals surface area contributed by atoms with Crippen molar-refractivity contribution in [3.05, 3.63) is 23.8 Å². The zero-order chi connectivity index (χ0) is 15.8. The van der Waals surface area contributed by atoms with Crippen LogP contribution >= 0.6 is 0 Å². The van der Waals surface area contributed by atoms with Crippen LogP contribution < -0.4 is 15.8 Å². The summed E-state index contributed by atoms with van der Waals surface area (Å²) in [5.41, 5.74) is 6.29. The highest BCUT2D eigenvalue weighted by molar-refractivity contribution is 5.95. The van der Waals surface area contributed by atoms with Gasteiger partial charge in [0.2, 0.25) is 0 Å². The molecule has 1 unspecified atom stereocenters. The first-order valence-corrected chi connectivity index (χ1v) is 6.40. The van der Waals surface area contributed by atoms with Gasteiger partial charge in [-0.25, -0.2) is 4.79 Å². The van der Waals surface area contributed by atoms with E-state index in [4.69, 9.17) is 19.9 Å². The van der Waals surface area contributed by atoms with Crippen molar-refractivity contribution in [3.63, 3.8) is 0 Å². The van der Waals surface area contributed by atoms with Gasteiger partial charge >= 0.3 is 5.97 Å². The van der Waals surface area contributed by atoms with Gasteiger partial charge in [0.05, 0.1) is 13.7 Å². The highest BCUT2D eigenvalue weighted by Gasteiger charge is 2.21. The summed E-state index contributed by atoms with van der Waals surface area (Å²) in [6.45, 7) is 2.23. The third-order valence-electron chi connectivity index (χ3n) is 2.70. The largest absolute Gasteiger partial charge is 0.496 e. The van der Waals surface area contributed by atoms with Crippen LogP contribution in [0.1, 0.15) is 17.3 Å². The van der Waals surface area contributed by atoms with E-state index in [0.717, 1.165) is 0 Å². The van der Waals surface area contributed by atoms with Gasteiger partial charge in [-0.05, 0) is 19.1 Å². The van der Waals surface area contributed by atoms with Crippen molar-refractivity contribution >= 4 is 17.6 Å². The number of benzene rings is 1. The van der Waals surface area contributed by atoms with E-state index in [0.29, 0.717) is 24.6 Å². The monoisotopic (exact) mass is 296 g/mol. The molecule has 0 saturated carbocycles. The van der Waals surface area contributed by atoms with Gasteiger partial charge < -0.3 is 25.3 Å². The molecular formula is C14H20N2O5. The number of carbonyl (C=O) groups is 2. The zero-order valence-corrected chi connectivity index (χ0v) is 12.3. The van der Waals surface area contributed by atoms with Gasteiger partial charge in [-0.15, -0.1) is 0 Å². The molecule has 0 aliphatic rings. The SMILES string of the molecule is COCCNC(=O)C(C)OC(=O)c1ccc(N)cc1OC. The highest BCUT2D eigenvalue weighted by atomic mass is 16.5. The minimum atomic E-state index is -0.920. The first-order valence-electron chi connectivity index (χ1n) is 6.40. The van der Waals surface area contributed by atoms with Crippen molar-refractivity contribution in [1.29, 1.82) is 0 Å². The predicted octanol–water partition coefficient (Wildman–Crippen LogP) is 0.585. The van der Waals surface area contributed by atoms with Crippen molar-refractivity contribution in [1.82, 2.24) is 5.32 Å². The van der Waals surface area contributed by atoms with Crippen molar-refractivity contribution in [2.24, 2.45) is 0 Å². The zero-order valence-electron chi connectivity index (χ0n) is 12.3. The molecule has 7 nitrogen and oxygen atoms in total. The summed E-state index contributed by atoms with van der Waals surface area (Å²) in [4.78, 5) is 23.7. The molecule has 0 bridgehead atoms. The lowest BCUT2D eigenvalue weighted by molar-refractivity contribution is -0.129. The fourth-order valence-electron chi connectivity index (χ4n) is 1.57. The van der Waals surface area contributed by atoms with E-state index in [1.807, 2.05) is 0 Å². The number of anilines is 1. The molecule has 1 aromatic carbocycles. The number of methoxy groups -OCH3 is 2. The molecule has 1 aromatic rings. The third kappa shape index (κ3) is 4.96. The Kier molecular flexibility index (Phi) is 6.48. The third-order valence-corrected chi connectivity index (χ3v) is 2.70. The molecule has 0 saturated heterocycles. The lowest BCUT2D eigenvalue weighted by atomic mass is 10.2. The Labute approximate surface area is 123 Å². The molecule has 0 fully saturated rings. The summed E-state index contributed by atoms with van der Waals surface area (Å²) in [6.07, 6.45) is -0.920. The molecule has 0 aliphatic carbocycles. The fourth-order valence-corrected chi connectivity index (χ4v) is 1.57. The van der Waals surface area contributed by atoms with Gasteiger partial charge in [0.1, 0.15) is 11.3 Å². The summed E-state index contributed by atoms with van der Waals surface area (Å²) in [7, 11) is 2.95. The van der Waals surface area contributed by atoms with Gasteiger partial charge in [0.25, 0.3) is 5.91 Å². The Hall–Kier alpha value is -2.28. The van der Waals surface area contributed by atoms with Gasteiger partial charge in [-0.1, -0.05) is 0 Å². The number of carbonyl (C=O) groups excluding carboxylic acids is 2. The summed E-state index contributed by atoms with van der Waals surface area (Å²) in [5.74, 6) is -0.747. The van der Waals surface area contributed by atoms with Crippen LogP contribution in [-0.2, 0) is 14.3 Å². The minimum absolute atomic E-state index is 0.211. The smallest absolute Gasteiger partial charge is 0.342 e. The number of rotatable bonds is 7. The van der Waals surface area contributed by atoms with E-state index in [-0.39, 0.29) is 5.56 Å². The van der Waals surface area contributed by atoms with Crippen LogP contribution in [0.4, 0.5) is 5.69 Å². The average Bonchev–Trinajstić information content (AvgIpc) is 2.46. The van der Waals surface area contributed by atoms with E-state index >= 15 is 0 Å². The molecule has 0 heterocycles. The van der Waals surface area contributed by atoms with Crippen molar-refractivity contribution in [2.75, 3.05) is 33.1 Å². The molecule has 0 spiro atoms. The van der Waals surface area contributed by atoms with Crippen LogP contribution in [0.5, 0.6) is 5.75 Å².